The fraction of sp³-hybridized carbons (Fsp3) is 0.500. The van der Waals surface area contributed by atoms with Gasteiger partial charge in [0.25, 0.3) is 0 Å². The maximum atomic E-state index is 12.9. The Morgan fingerprint density at radius 1 is 1.39 bits per heavy atom. The van der Waals surface area contributed by atoms with Crippen LogP contribution in [0.5, 0.6) is 0 Å². The molecule has 0 radical (unpaired) electrons. The number of ether oxygens (including phenoxy) is 1. The van der Waals surface area contributed by atoms with E-state index in [4.69, 9.17) is 11.2 Å². The highest BCUT2D eigenvalue weighted by Gasteiger charge is 2.28. The minimum Gasteiger partial charge on any atom is -0.388 e. The van der Waals surface area contributed by atoms with Crippen molar-refractivity contribution in [3.05, 3.63) is 35.6 Å². The summed E-state index contributed by atoms with van der Waals surface area (Å²) >= 11 is 0. The zero-order valence-electron chi connectivity index (χ0n) is 13.1. The van der Waals surface area contributed by atoms with E-state index in [-0.39, 0.29) is 24.2 Å². The Labute approximate surface area is 136 Å². The number of aliphatic hydroxyl groups excluding tert-OH is 1. The number of likely N-dealkylation sites (tertiary alicyclic amines) is 1. The van der Waals surface area contributed by atoms with Crippen LogP contribution in [-0.2, 0) is 9.53 Å². The predicted molar refractivity (Wildman–Crippen MR) is 84.9 cm³/mol. The van der Waals surface area contributed by atoms with Crippen LogP contribution in [-0.4, -0.2) is 42.2 Å². The quantitative estimate of drug-likeness (QED) is 0.645. The molecule has 0 aliphatic carbocycles. The highest BCUT2D eigenvalue weighted by molar-refractivity contribution is 5.76. The van der Waals surface area contributed by atoms with Crippen molar-refractivity contribution in [2.45, 2.75) is 25.4 Å². The molecule has 1 N–H and O–H groups in total. The molecule has 1 aromatic carbocycles. The van der Waals surface area contributed by atoms with Crippen molar-refractivity contribution in [3.63, 3.8) is 0 Å². The van der Waals surface area contributed by atoms with E-state index in [1.807, 2.05) is 0 Å². The lowest BCUT2D eigenvalue weighted by Gasteiger charge is -2.34. The molecule has 1 amide bonds. The van der Waals surface area contributed by atoms with Gasteiger partial charge < -0.3 is 14.7 Å². The molecule has 0 bridgehead atoms. The zero-order chi connectivity index (χ0) is 16.7. The minimum absolute atomic E-state index is 0.0525. The van der Waals surface area contributed by atoms with E-state index in [9.17, 15) is 14.3 Å². The van der Waals surface area contributed by atoms with Gasteiger partial charge in [0.1, 0.15) is 12.4 Å². The molecule has 4 nitrogen and oxygen atoms in total. The van der Waals surface area contributed by atoms with E-state index >= 15 is 0 Å². The van der Waals surface area contributed by atoms with E-state index in [0.717, 1.165) is 18.4 Å². The van der Waals surface area contributed by atoms with Crippen LogP contribution in [0.15, 0.2) is 24.3 Å². The third-order valence-corrected chi connectivity index (χ3v) is 4.20. The standard InChI is InChI=1S/C18H22FNO3/c1-2-12-23-13-9-17(21)20-10-7-15(8-11-20)18(22)14-3-5-16(19)6-4-14/h1,3-6,15,18,22H,7-13H2. The van der Waals surface area contributed by atoms with Crippen molar-refractivity contribution < 1.29 is 19.0 Å². The third-order valence-electron chi connectivity index (χ3n) is 4.20. The smallest absolute Gasteiger partial charge is 0.224 e. The first-order chi connectivity index (χ1) is 11.1. The van der Waals surface area contributed by atoms with Gasteiger partial charge in [0.05, 0.1) is 19.1 Å². The van der Waals surface area contributed by atoms with Crippen LogP contribution >= 0.6 is 0 Å². The molecule has 1 fully saturated rings. The first-order valence-corrected chi connectivity index (χ1v) is 7.84. The Morgan fingerprint density at radius 3 is 2.65 bits per heavy atom. The summed E-state index contributed by atoms with van der Waals surface area (Å²) in [6, 6.07) is 5.93. The maximum absolute atomic E-state index is 12.9. The molecule has 1 aromatic rings. The van der Waals surface area contributed by atoms with Gasteiger partial charge in [-0.15, -0.1) is 6.42 Å². The topological polar surface area (TPSA) is 49.8 Å². The van der Waals surface area contributed by atoms with Crippen LogP contribution in [0.1, 0.15) is 30.9 Å². The number of terminal acetylenes is 1. The average Bonchev–Trinajstić information content (AvgIpc) is 2.59. The molecule has 0 spiro atoms. The Morgan fingerprint density at radius 2 is 2.04 bits per heavy atom. The molecule has 1 atom stereocenters. The summed E-state index contributed by atoms with van der Waals surface area (Å²) in [5.41, 5.74) is 0.721. The summed E-state index contributed by atoms with van der Waals surface area (Å²) in [6.45, 7) is 1.80. The average molecular weight is 319 g/mol. The number of nitrogens with zero attached hydrogens (tertiary/aromatic N) is 1. The Kier molecular flexibility index (Phi) is 6.57. The molecule has 5 heteroatoms. The molecule has 1 heterocycles. The predicted octanol–water partition coefficient (Wildman–Crippen LogP) is 2.14. The Balaban J connectivity index is 1.78. The molecule has 1 aliphatic heterocycles. The highest BCUT2D eigenvalue weighted by atomic mass is 19.1. The number of halogens is 1. The van der Waals surface area contributed by atoms with Gasteiger partial charge in [0.15, 0.2) is 0 Å². The Bertz CT molecular complexity index is 544. The van der Waals surface area contributed by atoms with E-state index in [1.54, 1.807) is 17.0 Å². The number of amides is 1. The summed E-state index contributed by atoms with van der Waals surface area (Å²) < 4.78 is 18.1. The number of hydrogen-bond acceptors (Lipinski definition) is 3. The van der Waals surface area contributed by atoms with Gasteiger partial charge in [-0.3, -0.25) is 4.79 Å². The van der Waals surface area contributed by atoms with E-state index in [2.05, 4.69) is 5.92 Å². The highest BCUT2D eigenvalue weighted by Crippen LogP contribution is 2.30. The maximum Gasteiger partial charge on any atom is 0.224 e. The van der Waals surface area contributed by atoms with Gasteiger partial charge in [0, 0.05) is 13.1 Å². The summed E-state index contributed by atoms with van der Waals surface area (Å²) in [5, 5.41) is 10.4. The van der Waals surface area contributed by atoms with Crippen molar-refractivity contribution in [1.82, 2.24) is 4.90 Å². The van der Waals surface area contributed by atoms with Crippen molar-refractivity contribution in [1.29, 1.82) is 0 Å². The monoisotopic (exact) mass is 319 g/mol. The molecular formula is C18H22FNO3. The second kappa shape index (κ2) is 8.66. The van der Waals surface area contributed by atoms with E-state index in [0.29, 0.717) is 26.1 Å². The van der Waals surface area contributed by atoms with Gasteiger partial charge in [-0.05, 0) is 36.5 Å². The first kappa shape index (κ1) is 17.5. The number of piperidine rings is 1. The van der Waals surface area contributed by atoms with Gasteiger partial charge in [-0.1, -0.05) is 18.1 Å². The summed E-state index contributed by atoms with van der Waals surface area (Å²) in [7, 11) is 0. The van der Waals surface area contributed by atoms with Crippen LogP contribution in [0.2, 0.25) is 0 Å². The number of aliphatic hydroxyl groups is 1. The van der Waals surface area contributed by atoms with Crippen LogP contribution < -0.4 is 0 Å². The number of carbonyl (C=O) groups is 1. The molecule has 23 heavy (non-hydrogen) atoms. The Hall–Kier alpha value is -1.90. The van der Waals surface area contributed by atoms with Gasteiger partial charge in [-0.2, -0.15) is 0 Å². The largest absolute Gasteiger partial charge is 0.388 e. The molecule has 124 valence electrons. The van der Waals surface area contributed by atoms with Crippen LogP contribution in [0, 0.1) is 24.1 Å². The molecule has 2 rings (SSSR count). The third kappa shape index (κ3) is 5.05. The van der Waals surface area contributed by atoms with Crippen molar-refractivity contribution in [3.8, 4) is 12.3 Å². The van der Waals surface area contributed by atoms with Crippen LogP contribution in [0.4, 0.5) is 4.39 Å². The molecular weight excluding hydrogens is 297 g/mol. The van der Waals surface area contributed by atoms with Crippen LogP contribution in [0.3, 0.4) is 0 Å². The number of rotatable bonds is 6. The van der Waals surface area contributed by atoms with E-state index in [1.165, 1.54) is 12.1 Å². The van der Waals surface area contributed by atoms with Gasteiger partial charge in [0.2, 0.25) is 5.91 Å². The van der Waals surface area contributed by atoms with Crippen molar-refractivity contribution >= 4 is 5.91 Å². The fourth-order valence-electron chi connectivity index (χ4n) is 2.85. The normalized spacial score (nSPS) is 16.8. The number of benzene rings is 1. The molecule has 0 aromatic heterocycles. The lowest BCUT2D eigenvalue weighted by atomic mass is 9.87. The van der Waals surface area contributed by atoms with Gasteiger partial charge >= 0.3 is 0 Å². The lowest BCUT2D eigenvalue weighted by Crippen LogP contribution is -2.40. The fourth-order valence-corrected chi connectivity index (χ4v) is 2.85. The van der Waals surface area contributed by atoms with E-state index < -0.39 is 6.10 Å². The first-order valence-electron chi connectivity index (χ1n) is 7.84. The lowest BCUT2D eigenvalue weighted by molar-refractivity contribution is -0.134. The summed E-state index contributed by atoms with van der Waals surface area (Å²) in [5.74, 6) is 2.19. The van der Waals surface area contributed by atoms with Crippen molar-refractivity contribution in [2.75, 3.05) is 26.3 Å². The zero-order valence-corrected chi connectivity index (χ0v) is 13.1. The summed E-state index contributed by atoms with van der Waals surface area (Å²) in [4.78, 5) is 13.8. The minimum atomic E-state index is -0.619. The number of hydrogen-bond donors (Lipinski definition) is 1. The SMILES string of the molecule is C#CCOCCC(=O)N1CCC(C(O)c2ccc(F)cc2)CC1. The molecule has 0 saturated carbocycles. The van der Waals surface area contributed by atoms with Crippen LogP contribution in [0.25, 0.3) is 0 Å². The molecule has 1 aliphatic rings. The second-order valence-electron chi connectivity index (χ2n) is 5.72. The molecule has 1 saturated heterocycles. The number of carbonyl (C=O) groups excluding carboxylic acids is 1. The van der Waals surface area contributed by atoms with Gasteiger partial charge in [-0.25, -0.2) is 4.39 Å². The second-order valence-corrected chi connectivity index (χ2v) is 5.72. The van der Waals surface area contributed by atoms with Crippen molar-refractivity contribution in [2.24, 2.45) is 5.92 Å². The summed E-state index contributed by atoms with van der Waals surface area (Å²) in [6.07, 6.45) is 6.24. The molecule has 1 unspecified atom stereocenters.